The van der Waals surface area contributed by atoms with E-state index in [1.54, 1.807) is 6.92 Å². The molecule has 1 aromatic rings. The highest BCUT2D eigenvalue weighted by molar-refractivity contribution is 8.01. The fourth-order valence-electron chi connectivity index (χ4n) is 1.15. The van der Waals surface area contributed by atoms with Crippen LogP contribution in [-0.4, -0.2) is 30.9 Å². The van der Waals surface area contributed by atoms with Crippen molar-refractivity contribution in [2.45, 2.75) is 27.5 Å². The normalized spacial score (nSPS) is 14.5. The molecule has 0 aliphatic heterocycles. The van der Waals surface area contributed by atoms with E-state index >= 15 is 0 Å². The molecule has 8 heteroatoms. The number of hydrogen-bond acceptors (Lipinski definition) is 4. The number of aliphatic hydroxyl groups excluding tert-OH is 1. The van der Waals surface area contributed by atoms with Crippen LogP contribution in [0.1, 0.15) is 6.92 Å². The molecule has 0 bridgehead atoms. The van der Waals surface area contributed by atoms with Crippen LogP contribution in [0.5, 0.6) is 0 Å². The highest BCUT2D eigenvalue weighted by Gasteiger charge is 2.47. The lowest BCUT2D eigenvalue weighted by Gasteiger charge is -2.14. The second kappa shape index (κ2) is 5.50. The lowest BCUT2D eigenvalue weighted by atomic mass is 10.4. The number of sulfone groups is 1. The summed E-state index contributed by atoms with van der Waals surface area (Å²) in [6.07, 6.45) is 0. The highest BCUT2D eigenvalue weighted by atomic mass is 32.2. The van der Waals surface area contributed by atoms with Gasteiger partial charge >= 0.3 is 5.51 Å². The van der Waals surface area contributed by atoms with E-state index in [4.69, 9.17) is 5.11 Å². The molecule has 0 saturated carbocycles. The van der Waals surface area contributed by atoms with Gasteiger partial charge in [0.2, 0.25) is 0 Å². The summed E-state index contributed by atoms with van der Waals surface area (Å²) < 4.78 is 60.1. The molecule has 0 fully saturated rings. The van der Waals surface area contributed by atoms with E-state index in [1.165, 1.54) is 18.2 Å². The van der Waals surface area contributed by atoms with Crippen molar-refractivity contribution in [3.05, 3.63) is 24.3 Å². The lowest BCUT2D eigenvalue weighted by molar-refractivity contribution is -0.0437. The SMILES string of the molecule is CC(CO)Sc1ccccc1S(=O)(=O)C(F)(F)F. The highest BCUT2D eigenvalue weighted by Crippen LogP contribution is 2.36. The first kappa shape index (κ1) is 15.3. The van der Waals surface area contributed by atoms with Gasteiger partial charge in [0, 0.05) is 10.1 Å². The summed E-state index contributed by atoms with van der Waals surface area (Å²) in [6, 6.07) is 4.87. The van der Waals surface area contributed by atoms with Crippen LogP contribution in [0.3, 0.4) is 0 Å². The topological polar surface area (TPSA) is 54.4 Å². The van der Waals surface area contributed by atoms with Crippen LogP contribution < -0.4 is 0 Å². The average molecular weight is 300 g/mol. The van der Waals surface area contributed by atoms with Crippen molar-refractivity contribution in [3.63, 3.8) is 0 Å². The van der Waals surface area contributed by atoms with E-state index in [0.717, 1.165) is 17.8 Å². The van der Waals surface area contributed by atoms with Crippen LogP contribution in [0.4, 0.5) is 13.2 Å². The van der Waals surface area contributed by atoms with Crippen LogP contribution in [0.2, 0.25) is 0 Å². The van der Waals surface area contributed by atoms with Crippen molar-refractivity contribution < 1.29 is 26.7 Å². The molecule has 0 radical (unpaired) electrons. The maximum Gasteiger partial charge on any atom is 0.501 e. The van der Waals surface area contributed by atoms with Gasteiger partial charge in [-0.05, 0) is 12.1 Å². The van der Waals surface area contributed by atoms with Crippen molar-refractivity contribution in [3.8, 4) is 0 Å². The van der Waals surface area contributed by atoms with E-state index in [0.29, 0.717) is 0 Å². The quantitative estimate of drug-likeness (QED) is 0.868. The van der Waals surface area contributed by atoms with Gasteiger partial charge in [-0.25, -0.2) is 8.42 Å². The first-order valence-corrected chi connectivity index (χ1v) is 7.24. The molecule has 1 unspecified atom stereocenters. The molecule has 1 rings (SSSR count). The lowest BCUT2D eigenvalue weighted by Crippen LogP contribution is -2.24. The summed E-state index contributed by atoms with van der Waals surface area (Å²) in [5.41, 5.74) is -5.33. The zero-order chi connectivity index (χ0) is 14.0. The van der Waals surface area contributed by atoms with Crippen molar-refractivity contribution in [2.75, 3.05) is 6.61 Å². The van der Waals surface area contributed by atoms with Crippen molar-refractivity contribution in [1.82, 2.24) is 0 Å². The summed E-state index contributed by atoms with van der Waals surface area (Å²) in [7, 11) is -5.36. The summed E-state index contributed by atoms with van der Waals surface area (Å²) >= 11 is 0.884. The minimum Gasteiger partial charge on any atom is -0.395 e. The van der Waals surface area contributed by atoms with Crippen LogP contribution in [-0.2, 0) is 9.84 Å². The van der Waals surface area contributed by atoms with E-state index in [9.17, 15) is 21.6 Å². The van der Waals surface area contributed by atoms with Gasteiger partial charge in [-0.2, -0.15) is 13.2 Å². The predicted molar refractivity (Wildman–Crippen MR) is 62.1 cm³/mol. The fraction of sp³-hybridized carbons (Fsp3) is 0.400. The minimum absolute atomic E-state index is 0.0172. The van der Waals surface area contributed by atoms with Gasteiger partial charge in [0.05, 0.1) is 11.5 Å². The molecule has 1 atom stereocenters. The molecule has 0 spiro atoms. The number of hydrogen-bond donors (Lipinski definition) is 1. The Morgan fingerprint density at radius 2 is 1.89 bits per heavy atom. The number of alkyl halides is 3. The fourth-order valence-corrected chi connectivity index (χ4v) is 3.31. The third-order valence-corrected chi connectivity index (χ3v) is 4.86. The molecule has 0 amide bonds. The van der Waals surface area contributed by atoms with E-state index in [-0.39, 0.29) is 11.5 Å². The Kier molecular flexibility index (Phi) is 4.68. The molecular formula is C10H11F3O3S2. The van der Waals surface area contributed by atoms with Gasteiger partial charge in [-0.15, -0.1) is 11.8 Å². The number of rotatable bonds is 4. The van der Waals surface area contributed by atoms with E-state index in [2.05, 4.69) is 0 Å². The van der Waals surface area contributed by atoms with Crippen molar-refractivity contribution >= 4 is 21.6 Å². The average Bonchev–Trinajstić information content (AvgIpc) is 2.28. The third kappa shape index (κ3) is 3.18. The molecule has 0 aromatic heterocycles. The van der Waals surface area contributed by atoms with Crippen LogP contribution in [0, 0.1) is 0 Å². The Labute approximate surface area is 107 Å². The summed E-state index contributed by atoms with van der Waals surface area (Å²) in [5.74, 6) is 0. The second-order valence-corrected chi connectivity index (χ2v) is 6.90. The van der Waals surface area contributed by atoms with Crippen molar-refractivity contribution in [2.24, 2.45) is 0 Å². The molecule has 1 N–H and O–H groups in total. The van der Waals surface area contributed by atoms with E-state index in [1.807, 2.05) is 0 Å². The molecule has 0 heterocycles. The largest absolute Gasteiger partial charge is 0.501 e. The summed E-state index contributed by atoms with van der Waals surface area (Å²) in [4.78, 5) is -0.792. The molecule has 18 heavy (non-hydrogen) atoms. The number of benzene rings is 1. The Hall–Kier alpha value is -0.730. The van der Waals surface area contributed by atoms with Crippen LogP contribution in [0.25, 0.3) is 0 Å². The second-order valence-electron chi connectivity index (χ2n) is 3.51. The first-order valence-electron chi connectivity index (χ1n) is 4.88. The maximum absolute atomic E-state index is 12.5. The Morgan fingerprint density at radius 3 is 2.39 bits per heavy atom. The summed E-state index contributed by atoms with van der Waals surface area (Å²) in [6.45, 7) is 1.33. The third-order valence-electron chi connectivity index (χ3n) is 2.03. The standard InChI is InChI=1S/C10H11F3O3S2/c1-7(6-14)17-8-4-2-3-5-9(8)18(15,16)10(11,12)13/h2-5,7,14H,6H2,1H3. The van der Waals surface area contributed by atoms with Gasteiger partial charge in [-0.1, -0.05) is 19.1 Å². The molecular weight excluding hydrogens is 289 g/mol. The maximum atomic E-state index is 12.5. The van der Waals surface area contributed by atoms with Gasteiger partial charge in [0.15, 0.2) is 0 Å². The zero-order valence-electron chi connectivity index (χ0n) is 9.31. The first-order chi connectivity index (χ1) is 8.20. The van der Waals surface area contributed by atoms with Crippen LogP contribution >= 0.6 is 11.8 Å². The smallest absolute Gasteiger partial charge is 0.395 e. The van der Waals surface area contributed by atoms with Crippen LogP contribution in [0.15, 0.2) is 34.1 Å². The molecule has 1 aromatic carbocycles. The predicted octanol–water partition coefficient (Wildman–Crippen LogP) is 2.45. The zero-order valence-corrected chi connectivity index (χ0v) is 10.9. The molecule has 3 nitrogen and oxygen atoms in total. The summed E-state index contributed by atoms with van der Waals surface area (Å²) in [5, 5.41) is 8.46. The number of halogens is 3. The minimum atomic E-state index is -5.36. The van der Waals surface area contributed by atoms with Crippen molar-refractivity contribution in [1.29, 1.82) is 0 Å². The Balaban J connectivity index is 3.26. The van der Waals surface area contributed by atoms with Gasteiger partial charge < -0.3 is 5.11 Å². The molecule has 102 valence electrons. The molecule has 0 aliphatic carbocycles. The molecule has 0 aliphatic rings. The van der Waals surface area contributed by atoms with Gasteiger partial charge in [0.25, 0.3) is 9.84 Å². The monoisotopic (exact) mass is 300 g/mol. The van der Waals surface area contributed by atoms with E-state index < -0.39 is 25.5 Å². The van der Waals surface area contributed by atoms with Gasteiger partial charge in [0.1, 0.15) is 0 Å². The number of thioether (sulfide) groups is 1. The number of aliphatic hydroxyl groups is 1. The Morgan fingerprint density at radius 1 is 1.33 bits per heavy atom. The molecule has 0 saturated heterocycles. The Bertz CT molecular complexity index is 511. The van der Waals surface area contributed by atoms with Gasteiger partial charge in [-0.3, -0.25) is 0 Å².